The van der Waals surface area contributed by atoms with E-state index in [0.717, 1.165) is 16.4 Å². The number of carbonyl (C=O) groups is 1. The van der Waals surface area contributed by atoms with Gasteiger partial charge in [-0.3, -0.25) is 4.79 Å². The van der Waals surface area contributed by atoms with Crippen LogP contribution in [0.2, 0.25) is 0 Å². The first-order chi connectivity index (χ1) is 17.2. The van der Waals surface area contributed by atoms with Crippen LogP contribution in [0.5, 0.6) is 0 Å². The fourth-order valence-electron chi connectivity index (χ4n) is 5.91. The van der Waals surface area contributed by atoms with Gasteiger partial charge < -0.3 is 4.57 Å². The van der Waals surface area contributed by atoms with Crippen LogP contribution in [0.3, 0.4) is 0 Å². The van der Waals surface area contributed by atoms with Gasteiger partial charge >= 0.3 is 0 Å². The van der Waals surface area contributed by atoms with Crippen molar-refractivity contribution in [2.45, 2.75) is 75.2 Å². The molecular formula is C29H33ClN2OS3. The Balaban J connectivity index is 1.54. The van der Waals surface area contributed by atoms with Gasteiger partial charge in [0.1, 0.15) is 9.99 Å². The van der Waals surface area contributed by atoms with Crippen molar-refractivity contribution in [3.05, 3.63) is 60.7 Å². The van der Waals surface area contributed by atoms with Crippen LogP contribution in [0, 0.1) is 10.8 Å². The second kappa shape index (κ2) is 10.1. The Bertz CT molecular complexity index is 1220. The van der Waals surface area contributed by atoms with Crippen LogP contribution in [0.4, 0.5) is 0 Å². The SMILES string of the molecule is CC1(C)C(=O)C(C)(C)C1(Cl)SSSc1nc(-c2ccccc2)c(-c2ccccc2)n1C1CCCCC1. The van der Waals surface area contributed by atoms with E-state index in [-0.39, 0.29) is 5.78 Å². The molecule has 0 aliphatic heterocycles. The lowest BCUT2D eigenvalue weighted by atomic mass is 9.54. The molecule has 0 radical (unpaired) electrons. The minimum Gasteiger partial charge on any atom is -0.315 e. The lowest BCUT2D eigenvalue weighted by molar-refractivity contribution is -0.153. The zero-order chi connectivity index (χ0) is 25.6. The van der Waals surface area contributed by atoms with E-state index < -0.39 is 15.0 Å². The van der Waals surface area contributed by atoms with Gasteiger partial charge in [-0.05, 0) is 33.5 Å². The number of carbonyl (C=O) groups excluding carboxylic acids is 1. The second-order valence-corrected chi connectivity index (χ2v) is 15.8. The number of aromatic nitrogens is 2. The Morgan fingerprint density at radius 1 is 0.861 bits per heavy atom. The number of rotatable bonds is 7. The van der Waals surface area contributed by atoms with Gasteiger partial charge in [0.25, 0.3) is 0 Å². The molecule has 190 valence electrons. The summed E-state index contributed by atoms with van der Waals surface area (Å²) in [4.78, 5) is 18.0. The Labute approximate surface area is 231 Å². The molecule has 2 saturated carbocycles. The van der Waals surface area contributed by atoms with Gasteiger partial charge in [-0.2, -0.15) is 0 Å². The molecular weight excluding hydrogens is 524 g/mol. The fourth-order valence-corrected chi connectivity index (χ4v) is 11.9. The van der Waals surface area contributed by atoms with Crippen molar-refractivity contribution in [3.8, 4) is 22.5 Å². The minimum absolute atomic E-state index is 0.226. The molecule has 2 aliphatic carbocycles. The van der Waals surface area contributed by atoms with Crippen molar-refractivity contribution in [1.82, 2.24) is 9.55 Å². The number of hydrogen-bond acceptors (Lipinski definition) is 5. The number of benzene rings is 2. The summed E-state index contributed by atoms with van der Waals surface area (Å²) in [5, 5.41) is 1.01. The summed E-state index contributed by atoms with van der Waals surface area (Å²) < 4.78 is 1.83. The van der Waals surface area contributed by atoms with E-state index in [0.29, 0.717) is 6.04 Å². The van der Waals surface area contributed by atoms with Gasteiger partial charge in [-0.25, -0.2) is 4.98 Å². The largest absolute Gasteiger partial charge is 0.315 e. The van der Waals surface area contributed by atoms with Crippen molar-refractivity contribution >= 4 is 48.8 Å². The smallest absolute Gasteiger partial charge is 0.180 e. The predicted octanol–water partition coefficient (Wildman–Crippen LogP) is 9.68. The first-order valence-corrected chi connectivity index (χ1v) is 16.5. The van der Waals surface area contributed by atoms with E-state index in [2.05, 4.69) is 65.2 Å². The summed E-state index contributed by atoms with van der Waals surface area (Å²) in [5.74, 6) is 0.226. The molecule has 36 heavy (non-hydrogen) atoms. The molecule has 0 spiro atoms. The topological polar surface area (TPSA) is 34.9 Å². The molecule has 0 amide bonds. The molecule has 3 aromatic rings. The van der Waals surface area contributed by atoms with E-state index in [1.807, 2.05) is 27.7 Å². The third-order valence-corrected chi connectivity index (χ3v) is 14.0. The molecule has 1 heterocycles. The molecule has 7 heteroatoms. The maximum atomic E-state index is 12.7. The zero-order valence-electron chi connectivity index (χ0n) is 21.3. The summed E-state index contributed by atoms with van der Waals surface area (Å²) in [5.41, 5.74) is 3.41. The highest BCUT2D eigenvalue weighted by atomic mass is 35.5. The standard InChI is InChI=1S/C29H33ClN2OS3/c1-27(2)25(33)28(3,4)29(27,30)35-36-34-26-31-23(20-14-8-5-9-15-20)24(21-16-10-6-11-17-21)32(26)22-18-12-7-13-19-22/h5-6,8-11,14-17,22H,7,12-13,18-19H2,1-4H3. The van der Waals surface area contributed by atoms with E-state index in [1.54, 1.807) is 31.4 Å². The first kappa shape index (κ1) is 26.3. The highest BCUT2D eigenvalue weighted by Crippen LogP contribution is 2.71. The van der Waals surface area contributed by atoms with E-state index in [4.69, 9.17) is 16.6 Å². The highest BCUT2D eigenvalue weighted by molar-refractivity contribution is 9.09. The second-order valence-electron chi connectivity index (χ2n) is 10.9. The highest BCUT2D eigenvalue weighted by Gasteiger charge is 2.72. The Hall–Kier alpha value is -1.34. The fraction of sp³-hybridized carbons (Fsp3) is 0.448. The third kappa shape index (κ3) is 4.26. The van der Waals surface area contributed by atoms with Crippen molar-refractivity contribution in [2.75, 3.05) is 0 Å². The summed E-state index contributed by atoms with van der Waals surface area (Å²) in [6, 6.07) is 21.6. The van der Waals surface area contributed by atoms with Crippen LogP contribution in [-0.2, 0) is 4.79 Å². The molecule has 2 aliphatic rings. The van der Waals surface area contributed by atoms with E-state index in [9.17, 15) is 4.79 Å². The van der Waals surface area contributed by atoms with Crippen LogP contribution in [0.15, 0.2) is 65.8 Å². The van der Waals surface area contributed by atoms with Gasteiger partial charge in [0.2, 0.25) is 0 Å². The molecule has 0 unspecified atom stereocenters. The van der Waals surface area contributed by atoms with E-state index >= 15 is 0 Å². The summed E-state index contributed by atoms with van der Waals surface area (Å²) in [6.07, 6.45) is 6.14. The van der Waals surface area contributed by atoms with Crippen molar-refractivity contribution in [3.63, 3.8) is 0 Å². The molecule has 0 atom stereocenters. The van der Waals surface area contributed by atoms with E-state index in [1.165, 1.54) is 43.4 Å². The normalized spacial score (nSPS) is 20.8. The minimum atomic E-state index is -0.665. The average Bonchev–Trinajstić information content (AvgIpc) is 3.28. The van der Waals surface area contributed by atoms with Gasteiger partial charge in [0, 0.05) is 17.2 Å². The maximum absolute atomic E-state index is 12.7. The van der Waals surface area contributed by atoms with Gasteiger partial charge in [-0.15, -0.1) is 11.6 Å². The molecule has 1 aromatic heterocycles. The van der Waals surface area contributed by atoms with Crippen molar-refractivity contribution < 1.29 is 4.79 Å². The number of nitrogens with zero attached hydrogens (tertiary/aromatic N) is 2. The quantitative estimate of drug-likeness (QED) is 0.214. The molecule has 0 saturated heterocycles. The lowest BCUT2D eigenvalue weighted by Crippen LogP contribution is -2.69. The number of imidazole rings is 1. The number of alkyl halides is 1. The van der Waals surface area contributed by atoms with Crippen molar-refractivity contribution in [2.24, 2.45) is 10.8 Å². The van der Waals surface area contributed by atoms with Gasteiger partial charge in [0.15, 0.2) is 5.16 Å². The molecule has 0 N–H and O–H groups in total. The van der Waals surface area contributed by atoms with Crippen LogP contribution in [0.25, 0.3) is 22.5 Å². The molecule has 5 rings (SSSR count). The molecule has 0 bridgehead atoms. The van der Waals surface area contributed by atoms with Crippen LogP contribution in [-0.4, -0.2) is 19.5 Å². The first-order valence-electron chi connectivity index (χ1n) is 12.7. The maximum Gasteiger partial charge on any atom is 0.180 e. The monoisotopic (exact) mass is 556 g/mol. The summed E-state index contributed by atoms with van der Waals surface area (Å²) >= 11 is 7.15. The summed E-state index contributed by atoms with van der Waals surface area (Å²) in [7, 11) is 4.94. The third-order valence-electron chi connectivity index (χ3n) is 7.91. The predicted molar refractivity (Wildman–Crippen MR) is 157 cm³/mol. The van der Waals surface area contributed by atoms with Crippen molar-refractivity contribution in [1.29, 1.82) is 0 Å². The number of halogens is 1. The number of Topliss-reactive ketones (excluding diaryl/α,β-unsaturated/α-hetero) is 1. The number of hydrogen-bond donors (Lipinski definition) is 0. The van der Waals surface area contributed by atoms with Gasteiger partial charge in [0.05, 0.1) is 22.2 Å². The Morgan fingerprint density at radius 2 is 1.42 bits per heavy atom. The molecule has 2 fully saturated rings. The van der Waals surface area contributed by atoms with Crippen LogP contribution in [0.1, 0.15) is 65.8 Å². The lowest BCUT2D eigenvalue weighted by Gasteiger charge is -2.60. The Kier molecular flexibility index (Phi) is 7.36. The average molecular weight is 557 g/mol. The van der Waals surface area contributed by atoms with Crippen LogP contribution >= 0.6 is 43.0 Å². The van der Waals surface area contributed by atoms with Crippen LogP contribution < -0.4 is 0 Å². The van der Waals surface area contributed by atoms with Gasteiger partial charge in [-0.1, -0.05) is 118 Å². The zero-order valence-corrected chi connectivity index (χ0v) is 24.5. The summed E-state index contributed by atoms with van der Waals surface area (Å²) in [6.45, 7) is 7.87. The molecule has 3 nitrogen and oxygen atoms in total. The molecule has 2 aromatic carbocycles. The Morgan fingerprint density at radius 3 is 2.00 bits per heavy atom. The number of ketones is 1.